The van der Waals surface area contributed by atoms with Crippen LogP contribution in [0.5, 0.6) is 11.5 Å². The van der Waals surface area contributed by atoms with Gasteiger partial charge in [0.2, 0.25) is 5.91 Å². The number of carbonyl (C=O) groups excluding carboxylic acids is 1. The second-order valence-electron chi connectivity index (χ2n) is 9.71. The molecule has 0 unspecified atom stereocenters. The Labute approximate surface area is 242 Å². The Kier molecular flexibility index (Phi) is 14.8. The van der Waals surface area contributed by atoms with Crippen LogP contribution in [-0.2, 0) is 4.79 Å². The number of phenolic OH excluding ortho intramolecular Hbond substituents is 2. The molecule has 0 aromatic heterocycles. The Morgan fingerprint density at radius 1 is 0.789 bits per heavy atom. The molecule has 2 aromatic carbocycles. The van der Waals surface area contributed by atoms with Crippen molar-refractivity contribution >= 4 is 63.8 Å². The van der Waals surface area contributed by atoms with Gasteiger partial charge in [-0.25, -0.2) is 0 Å². The SMILES string of the molecule is C=Cc1c(Nc2cc(Cl)c(O)c(Cl)c2)cc(NC(=O)CCCCCCCCCCCCCCC)c(O)c1Cl. The summed E-state index contributed by atoms with van der Waals surface area (Å²) in [6, 6.07) is 4.58. The van der Waals surface area contributed by atoms with Crippen molar-refractivity contribution in [1.82, 2.24) is 0 Å². The Bertz CT molecular complexity index is 1040. The number of halogens is 3. The topological polar surface area (TPSA) is 81.6 Å². The molecule has 0 fully saturated rings. The van der Waals surface area contributed by atoms with Crippen LogP contribution in [0.3, 0.4) is 0 Å². The minimum Gasteiger partial charge on any atom is -0.505 e. The van der Waals surface area contributed by atoms with E-state index in [0.717, 1.165) is 19.3 Å². The smallest absolute Gasteiger partial charge is 0.224 e. The number of nitrogens with one attached hydrogen (secondary N) is 2. The number of anilines is 3. The van der Waals surface area contributed by atoms with Crippen LogP contribution in [0.2, 0.25) is 15.1 Å². The van der Waals surface area contributed by atoms with E-state index in [1.165, 1.54) is 82.4 Å². The number of aromatic hydroxyl groups is 2. The Morgan fingerprint density at radius 3 is 1.79 bits per heavy atom. The predicted molar refractivity (Wildman–Crippen MR) is 164 cm³/mol. The van der Waals surface area contributed by atoms with E-state index in [1.807, 2.05) is 0 Å². The lowest BCUT2D eigenvalue weighted by Crippen LogP contribution is -2.12. The third-order valence-electron chi connectivity index (χ3n) is 6.56. The maximum absolute atomic E-state index is 12.6. The van der Waals surface area contributed by atoms with E-state index < -0.39 is 0 Å². The summed E-state index contributed by atoms with van der Waals surface area (Å²) in [5, 5.41) is 26.5. The molecular weight excluding hydrogens is 543 g/mol. The van der Waals surface area contributed by atoms with Gasteiger partial charge >= 0.3 is 0 Å². The highest BCUT2D eigenvalue weighted by atomic mass is 35.5. The van der Waals surface area contributed by atoms with E-state index in [9.17, 15) is 15.0 Å². The summed E-state index contributed by atoms with van der Waals surface area (Å²) < 4.78 is 0. The molecule has 2 aromatic rings. The third-order valence-corrected chi connectivity index (χ3v) is 7.52. The van der Waals surface area contributed by atoms with E-state index in [-0.39, 0.29) is 38.2 Å². The molecule has 2 rings (SSSR count). The van der Waals surface area contributed by atoms with Crippen LogP contribution in [0.25, 0.3) is 6.08 Å². The minimum atomic E-state index is -0.229. The van der Waals surface area contributed by atoms with Gasteiger partial charge in [-0.05, 0) is 24.6 Å². The summed E-state index contributed by atoms with van der Waals surface area (Å²) in [5.41, 5.74) is 1.61. The maximum Gasteiger partial charge on any atom is 0.224 e. The molecule has 1 amide bonds. The number of hydrogen-bond donors (Lipinski definition) is 4. The number of rotatable bonds is 18. The van der Waals surface area contributed by atoms with E-state index in [0.29, 0.717) is 23.4 Å². The van der Waals surface area contributed by atoms with E-state index in [2.05, 4.69) is 24.1 Å². The standard InChI is InChI=1S/C30H41Cl3N2O3/c1-3-5-6-7-8-9-10-11-12-13-14-15-16-17-27(36)35-26-20-25(22(4-2)28(33)30(26)38)34-21-18-23(31)29(37)24(32)19-21/h4,18-20,34,37-38H,2-3,5-17H2,1H3,(H,35,36). The Morgan fingerprint density at radius 2 is 1.29 bits per heavy atom. The van der Waals surface area contributed by atoms with Gasteiger partial charge in [0.25, 0.3) is 0 Å². The normalized spacial score (nSPS) is 10.9. The molecule has 0 spiro atoms. The van der Waals surface area contributed by atoms with Gasteiger partial charge < -0.3 is 20.8 Å². The lowest BCUT2D eigenvalue weighted by molar-refractivity contribution is -0.116. The van der Waals surface area contributed by atoms with Crippen LogP contribution < -0.4 is 10.6 Å². The summed E-state index contributed by atoms with van der Waals surface area (Å²) in [4.78, 5) is 12.6. The van der Waals surface area contributed by atoms with Crippen LogP contribution in [-0.4, -0.2) is 16.1 Å². The second kappa shape index (κ2) is 17.5. The van der Waals surface area contributed by atoms with Gasteiger partial charge in [-0.15, -0.1) is 0 Å². The molecule has 4 N–H and O–H groups in total. The first-order chi connectivity index (χ1) is 18.3. The summed E-state index contributed by atoms with van der Waals surface area (Å²) in [6.45, 7) is 6.01. The fourth-order valence-corrected chi connectivity index (χ4v) is 5.13. The first-order valence-electron chi connectivity index (χ1n) is 13.7. The molecule has 0 aliphatic rings. The lowest BCUT2D eigenvalue weighted by Gasteiger charge is -2.17. The Hall–Kier alpha value is -2.08. The van der Waals surface area contributed by atoms with Crippen LogP contribution in [0.4, 0.5) is 17.1 Å². The van der Waals surface area contributed by atoms with Gasteiger partial charge in [-0.3, -0.25) is 4.79 Å². The second-order valence-corrected chi connectivity index (χ2v) is 10.9. The largest absolute Gasteiger partial charge is 0.505 e. The van der Waals surface area contributed by atoms with Crippen molar-refractivity contribution < 1.29 is 15.0 Å². The van der Waals surface area contributed by atoms with Gasteiger partial charge in [0.15, 0.2) is 11.5 Å². The average Bonchev–Trinajstić information content (AvgIpc) is 2.88. The first-order valence-corrected chi connectivity index (χ1v) is 14.8. The molecule has 0 aliphatic heterocycles. The molecule has 38 heavy (non-hydrogen) atoms. The maximum atomic E-state index is 12.6. The molecule has 0 radical (unpaired) electrons. The number of benzene rings is 2. The summed E-state index contributed by atoms with van der Waals surface area (Å²) in [6.07, 6.45) is 18.0. The molecule has 0 heterocycles. The van der Waals surface area contributed by atoms with Gasteiger partial charge in [0, 0.05) is 23.4 Å². The van der Waals surface area contributed by atoms with E-state index >= 15 is 0 Å². The molecule has 0 atom stereocenters. The fraction of sp³-hybridized carbons (Fsp3) is 0.500. The summed E-state index contributed by atoms with van der Waals surface area (Å²) in [5.74, 6) is -0.632. The molecule has 0 saturated carbocycles. The number of phenols is 2. The van der Waals surface area contributed by atoms with Gasteiger partial charge in [0.1, 0.15) is 0 Å². The highest BCUT2D eigenvalue weighted by Gasteiger charge is 2.17. The highest BCUT2D eigenvalue weighted by molar-refractivity contribution is 6.37. The van der Waals surface area contributed by atoms with Crippen molar-refractivity contribution in [1.29, 1.82) is 0 Å². The number of hydrogen-bond acceptors (Lipinski definition) is 4. The van der Waals surface area contributed by atoms with Crippen LogP contribution >= 0.6 is 34.8 Å². The van der Waals surface area contributed by atoms with Crippen LogP contribution in [0, 0.1) is 0 Å². The van der Waals surface area contributed by atoms with Crippen molar-refractivity contribution in [3.05, 3.63) is 45.4 Å². The zero-order valence-corrected chi connectivity index (χ0v) is 24.6. The van der Waals surface area contributed by atoms with Crippen LogP contribution in [0.1, 0.15) is 102 Å². The van der Waals surface area contributed by atoms with Gasteiger partial charge in [-0.2, -0.15) is 0 Å². The number of carbonyl (C=O) groups is 1. The zero-order valence-electron chi connectivity index (χ0n) is 22.4. The van der Waals surface area contributed by atoms with Gasteiger partial charge in [0.05, 0.1) is 20.8 Å². The Balaban J connectivity index is 1.80. The molecule has 0 bridgehead atoms. The highest BCUT2D eigenvalue weighted by Crippen LogP contribution is 2.42. The number of unbranched alkanes of at least 4 members (excludes halogenated alkanes) is 12. The van der Waals surface area contributed by atoms with Crippen LogP contribution in [0.15, 0.2) is 24.8 Å². The van der Waals surface area contributed by atoms with Crippen molar-refractivity contribution in [3.63, 3.8) is 0 Å². The first kappa shape index (κ1) is 32.1. The van der Waals surface area contributed by atoms with E-state index in [4.69, 9.17) is 34.8 Å². The minimum absolute atomic E-state index is 0.0530. The zero-order chi connectivity index (χ0) is 27.9. The monoisotopic (exact) mass is 582 g/mol. The van der Waals surface area contributed by atoms with Crippen molar-refractivity contribution in [2.24, 2.45) is 0 Å². The number of amides is 1. The molecule has 0 saturated heterocycles. The van der Waals surface area contributed by atoms with Crippen molar-refractivity contribution in [2.45, 2.75) is 96.8 Å². The predicted octanol–water partition coefficient (Wildman–Crippen LogP) is 10.9. The average molecular weight is 584 g/mol. The summed E-state index contributed by atoms with van der Waals surface area (Å²) in [7, 11) is 0. The third kappa shape index (κ3) is 10.6. The molecule has 0 aliphatic carbocycles. The quantitative estimate of drug-likeness (QED) is 0.0799. The molecule has 210 valence electrons. The molecule has 8 heteroatoms. The fourth-order valence-electron chi connectivity index (χ4n) is 4.36. The molecular formula is C30H41Cl3N2O3. The lowest BCUT2D eigenvalue weighted by atomic mass is 10.0. The summed E-state index contributed by atoms with van der Waals surface area (Å²) >= 11 is 18.4. The van der Waals surface area contributed by atoms with Crippen molar-refractivity contribution in [3.8, 4) is 11.5 Å². The van der Waals surface area contributed by atoms with E-state index in [1.54, 1.807) is 6.07 Å². The van der Waals surface area contributed by atoms with Crippen molar-refractivity contribution in [2.75, 3.05) is 10.6 Å². The molecule has 5 nitrogen and oxygen atoms in total. The van der Waals surface area contributed by atoms with Gasteiger partial charge in [-0.1, -0.05) is 131 Å².